The summed E-state index contributed by atoms with van der Waals surface area (Å²) >= 11 is 0. The molecule has 1 heterocycles. The average molecular weight is 164 g/mol. The number of likely N-dealkylation sites (N-methyl/N-ethyl adjacent to an activating group) is 1. The maximum atomic E-state index is 10.9. The normalized spacial score (nSPS) is 23.8. The van der Waals surface area contributed by atoms with Crippen molar-refractivity contribution < 1.29 is 8.42 Å². The Kier molecular flexibility index (Phi) is 1.98. The van der Waals surface area contributed by atoms with Gasteiger partial charge in [-0.15, -0.1) is 0 Å². The first-order valence-electron chi connectivity index (χ1n) is 3.14. The molecule has 0 N–H and O–H groups in total. The van der Waals surface area contributed by atoms with E-state index < -0.39 is 10.0 Å². The molecule has 0 bridgehead atoms. The highest BCUT2D eigenvalue weighted by molar-refractivity contribution is 7.88. The first-order valence-corrected chi connectivity index (χ1v) is 4.98. The van der Waals surface area contributed by atoms with Gasteiger partial charge < -0.3 is 0 Å². The van der Waals surface area contributed by atoms with Crippen LogP contribution in [0.1, 0.15) is 0 Å². The average Bonchev–Trinajstić information content (AvgIpc) is 2.11. The van der Waals surface area contributed by atoms with E-state index in [0.717, 1.165) is 6.54 Å². The zero-order valence-electron chi connectivity index (χ0n) is 6.24. The zero-order chi connectivity index (χ0) is 7.78. The van der Waals surface area contributed by atoms with Crippen molar-refractivity contribution in [3.05, 3.63) is 0 Å². The molecular formula is C5H12N2O2S. The lowest BCUT2D eigenvalue weighted by Gasteiger charge is -2.11. The number of nitrogens with zero attached hydrogens (tertiary/aromatic N) is 2. The Morgan fingerprint density at radius 1 is 1.30 bits per heavy atom. The van der Waals surface area contributed by atoms with Gasteiger partial charge in [0.05, 0.1) is 12.9 Å². The van der Waals surface area contributed by atoms with Gasteiger partial charge in [-0.1, -0.05) is 0 Å². The molecule has 1 fully saturated rings. The molecule has 0 unspecified atom stereocenters. The molecule has 0 amide bonds. The minimum Gasteiger partial charge on any atom is -0.291 e. The largest absolute Gasteiger partial charge is 0.291 e. The van der Waals surface area contributed by atoms with Gasteiger partial charge in [0.1, 0.15) is 0 Å². The molecule has 10 heavy (non-hydrogen) atoms. The Morgan fingerprint density at radius 3 is 2.10 bits per heavy atom. The van der Waals surface area contributed by atoms with Crippen LogP contribution < -0.4 is 0 Å². The predicted molar refractivity (Wildman–Crippen MR) is 39.0 cm³/mol. The standard InChI is InChI=1S/C5H12N2O2S/c1-6-3-4-7(5-6)10(2,8)9/h3-5H2,1-2H3. The summed E-state index contributed by atoms with van der Waals surface area (Å²) in [4.78, 5) is 1.97. The van der Waals surface area contributed by atoms with E-state index in [0.29, 0.717) is 13.2 Å². The molecule has 1 aliphatic rings. The maximum Gasteiger partial charge on any atom is 0.212 e. The summed E-state index contributed by atoms with van der Waals surface area (Å²) in [7, 11) is -1.04. The van der Waals surface area contributed by atoms with E-state index in [9.17, 15) is 8.42 Å². The van der Waals surface area contributed by atoms with Crippen molar-refractivity contribution in [2.24, 2.45) is 0 Å². The SMILES string of the molecule is CN1CCN(S(C)(=O)=O)C1. The second kappa shape index (κ2) is 2.48. The molecular weight excluding hydrogens is 152 g/mol. The molecule has 0 spiro atoms. The molecule has 0 aromatic rings. The fourth-order valence-electron chi connectivity index (χ4n) is 0.964. The van der Waals surface area contributed by atoms with E-state index in [1.807, 2.05) is 11.9 Å². The molecule has 4 nitrogen and oxygen atoms in total. The van der Waals surface area contributed by atoms with Crippen molar-refractivity contribution in [1.82, 2.24) is 9.21 Å². The maximum absolute atomic E-state index is 10.9. The topological polar surface area (TPSA) is 40.6 Å². The van der Waals surface area contributed by atoms with Crippen LogP contribution in [0.15, 0.2) is 0 Å². The number of rotatable bonds is 1. The molecule has 1 saturated heterocycles. The smallest absolute Gasteiger partial charge is 0.212 e. The quantitative estimate of drug-likeness (QED) is 0.507. The number of sulfonamides is 1. The summed E-state index contributed by atoms with van der Waals surface area (Å²) < 4.78 is 23.2. The van der Waals surface area contributed by atoms with Crippen LogP contribution in [0.25, 0.3) is 0 Å². The molecule has 1 aliphatic heterocycles. The zero-order valence-corrected chi connectivity index (χ0v) is 7.06. The molecule has 0 radical (unpaired) electrons. The van der Waals surface area contributed by atoms with Gasteiger partial charge in [-0.2, -0.15) is 4.31 Å². The summed E-state index contributed by atoms with van der Waals surface area (Å²) in [6.07, 6.45) is 1.24. The third-order valence-corrected chi connectivity index (χ3v) is 2.84. The Hall–Kier alpha value is -0.130. The second-order valence-electron chi connectivity index (χ2n) is 2.66. The fourth-order valence-corrected chi connectivity index (χ4v) is 1.78. The van der Waals surface area contributed by atoms with E-state index in [-0.39, 0.29) is 0 Å². The van der Waals surface area contributed by atoms with Crippen LogP contribution in [-0.2, 0) is 10.0 Å². The molecule has 5 heteroatoms. The van der Waals surface area contributed by atoms with Crippen LogP contribution in [0.3, 0.4) is 0 Å². The molecule has 0 aromatic carbocycles. The summed E-state index contributed by atoms with van der Waals surface area (Å²) in [5.74, 6) is 0. The Bertz CT molecular complexity index is 212. The van der Waals surface area contributed by atoms with Crippen LogP contribution in [0.5, 0.6) is 0 Å². The van der Waals surface area contributed by atoms with Gasteiger partial charge in [-0.05, 0) is 7.05 Å². The van der Waals surface area contributed by atoms with Gasteiger partial charge in [-0.25, -0.2) is 8.42 Å². The third kappa shape index (κ3) is 1.68. The van der Waals surface area contributed by atoms with Gasteiger partial charge in [0.2, 0.25) is 10.0 Å². The molecule has 0 aliphatic carbocycles. The van der Waals surface area contributed by atoms with Crippen molar-refractivity contribution in [2.75, 3.05) is 33.1 Å². The lowest BCUT2D eigenvalue weighted by molar-refractivity contribution is 0.362. The van der Waals surface area contributed by atoms with Gasteiger partial charge in [-0.3, -0.25) is 4.90 Å². The Morgan fingerprint density at radius 2 is 1.90 bits per heavy atom. The minimum atomic E-state index is -2.94. The van der Waals surface area contributed by atoms with E-state index in [1.165, 1.54) is 10.6 Å². The molecule has 1 rings (SSSR count). The van der Waals surface area contributed by atoms with Gasteiger partial charge in [0.15, 0.2) is 0 Å². The van der Waals surface area contributed by atoms with Crippen LogP contribution in [-0.4, -0.2) is 50.7 Å². The van der Waals surface area contributed by atoms with Crippen molar-refractivity contribution in [3.63, 3.8) is 0 Å². The van der Waals surface area contributed by atoms with E-state index in [1.54, 1.807) is 0 Å². The van der Waals surface area contributed by atoms with Crippen molar-refractivity contribution in [1.29, 1.82) is 0 Å². The van der Waals surface area contributed by atoms with Crippen LogP contribution in [0.4, 0.5) is 0 Å². The lowest BCUT2D eigenvalue weighted by atomic mass is 10.7. The summed E-state index contributed by atoms with van der Waals surface area (Å²) in [6, 6.07) is 0. The highest BCUT2D eigenvalue weighted by Crippen LogP contribution is 2.05. The van der Waals surface area contributed by atoms with Crippen LogP contribution in [0, 0.1) is 0 Å². The van der Waals surface area contributed by atoms with Crippen molar-refractivity contribution >= 4 is 10.0 Å². The fraction of sp³-hybridized carbons (Fsp3) is 1.00. The van der Waals surface area contributed by atoms with E-state index in [4.69, 9.17) is 0 Å². The van der Waals surface area contributed by atoms with Crippen LogP contribution in [0.2, 0.25) is 0 Å². The number of hydrogen-bond acceptors (Lipinski definition) is 3. The molecule has 0 aromatic heterocycles. The van der Waals surface area contributed by atoms with Gasteiger partial charge in [0.25, 0.3) is 0 Å². The molecule has 0 saturated carbocycles. The second-order valence-corrected chi connectivity index (χ2v) is 4.64. The lowest BCUT2D eigenvalue weighted by Crippen LogP contribution is -2.28. The molecule has 0 atom stereocenters. The first-order chi connectivity index (χ1) is 4.50. The summed E-state index contributed by atoms with van der Waals surface area (Å²) in [5, 5.41) is 0. The highest BCUT2D eigenvalue weighted by atomic mass is 32.2. The van der Waals surface area contributed by atoms with E-state index in [2.05, 4.69) is 0 Å². The number of hydrogen-bond donors (Lipinski definition) is 0. The Balaban J connectivity index is 2.62. The first kappa shape index (κ1) is 7.97. The van der Waals surface area contributed by atoms with Gasteiger partial charge >= 0.3 is 0 Å². The predicted octanol–water partition coefficient (Wildman–Crippen LogP) is -0.849. The highest BCUT2D eigenvalue weighted by Gasteiger charge is 2.23. The Labute approximate surface area is 61.5 Å². The minimum absolute atomic E-state index is 0.541. The van der Waals surface area contributed by atoms with Gasteiger partial charge in [0, 0.05) is 13.1 Å². The third-order valence-electron chi connectivity index (χ3n) is 1.60. The summed E-state index contributed by atoms with van der Waals surface area (Å²) in [6.45, 7) is 2.02. The monoisotopic (exact) mass is 164 g/mol. The van der Waals surface area contributed by atoms with Crippen molar-refractivity contribution in [3.8, 4) is 0 Å². The van der Waals surface area contributed by atoms with Crippen molar-refractivity contribution in [2.45, 2.75) is 0 Å². The van der Waals surface area contributed by atoms with E-state index >= 15 is 0 Å². The molecule has 60 valence electrons. The summed E-state index contributed by atoms with van der Waals surface area (Å²) in [5.41, 5.74) is 0. The van der Waals surface area contributed by atoms with Crippen LogP contribution >= 0.6 is 0 Å².